The van der Waals surface area contributed by atoms with Crippen molar-refractivity contribution in [1.82, 2.24) is 10.2 Å². The van der Waals surface area contributed by atoms with Crippen molar-refractivity contribution in [3.8, 4) is 0 Å². The molecule has 1 N–H and O–H groups in total. The van der Waals surface area contributed by atoms with Crippen LogP contribution in [0.4, 0.5) is 0 Å². The van der Waals surface area contributed by atoms with Crippen molar-refractivity contribution < 1.29 is 0 Å². The topological polar surface area (TPSA) is 15.3 Å². The van der Waals surface area contributed by atoms with Gasteiger partial charge < -0.3 is 10.2 Å². The van der Waals surface area contributed by atoms with E-state index < -0.39 is 0 Å². The summed E-state index contributed by atoms with van der Waals surface area (Å²) in [5, 5.41) is 3.74. The van der Waals surface area contributed by atoms with Gasteiger partial charge in [0, 0.05) is 18.6 Å². The molecule has 1 aliphatic carbocycles. The standard InChI is InChI=1S/C19H32N2/c1-6-9-20-19(13-21(5)16(4)17-7-8-17)18-11-14(2)10-15(3)12-18/h10-12,16-17,19-20H,6-9,13H2,1-5H3. The molecule has 0 aliphatic heterocycles. The van der Waals surface area contributed by atoms with Gasteiger partial charge in [-0.05, 0) is 65.1 Å². The minimum atomic E-state index is 0.440. The van der Waals surface area contributed by atoms with Crippen molar-refractivity contribution in [2.45, 2.75) is 59.0 Å². The minimum Gasteiger partial charge on any atom is -0.309 e. The first-order chi connectivity index (χ1) is 10.0. The Labute approximate surface area is 130 Å². The summed E-state index contributed by atoms with van der Waals surface area (Å²) < 4.78 is 0. The van der Waals surface area contributed by atoms with Gasteiger partial charge in [-0.3, -0.25) is 0 Å². The van der Waals surface area contributed by atoms with Gasteiger partial charge in [0.25, 0.3) is 0 Å². The van der Waals surface area contributed by atoms with E-state index in [1.807, 2.05) is 0 Å². The molecule has 0 amide bonds. The van der Waals surface area contributed by atoms with Crippen molar-refractivity contribution in [2.24, 2.45) is 5.92 Å². The van der Waals surface area contributed by atoms with Crippen LogP contribution in [0.3, 0.4) is 0 Å². The van der Waals surface area contributed by atoms with Gasteiger partial charge in [0.15, 0.2) is 0 Å². The molecule has 2 unspecified atom stereocenters. The summed E-state index contributed by atoms with van der Waals surface area (Å²) in [7, 11) is 2.28. The molecule has 1 saturated carbocycles. The van der Waals surface area contributed by atoms with Crippen molar-refractivity contribution in [1.29, 1.82) is 0 Å². The molecule has 2 nitrogen and oxygen atoms in total. The van der Waals surface area contributed by atoms with E-state index in [-0.39, 0.29) is 0 Å². The second-order valence-corrected chi connectivity index (χ2v) is 6.95. The lowest BCUT2D eigenvalue weighted by molar-refractivity contribution is 0.210. The molecule has 0 heterocycles. The van der Waals surface area contributed by atoms with Crippen LogP contribution in [0.2, 0.25) is 0 Å². The summed E-state index contributed by atoms with van der Waals surface area (Å²) in [6.07, 6.45) is 4.02. The van der Waals surface area contributed by atoms with E-state index in [4.69, 9.17) is 0 Å². The first-order valence-corrected chi connectivity index (χ1v) is 8.53. The van der Waals surface area contributed by atoms with Crippen LogP contribution in [0.15, 0.2) is 18.2 Å². The molecule has 0 aromatic heterocycles. The normalized spacial score (nSPS) is 18.0. The van der Waals surface area contributed by atoms with E-state index in [2.05, 4.69) is 63.2 Å². The van der Waals surface area contributed by atoms with Crippen LogP contribution in [-0.4, -0.2) is 31.1 Å². The van der Waals surface area contributed by atoms with Crippen molar-refractivity contribution in [2.75, 3.05) is 20.1 Å². The van der Waals surface area contributed by atoms with Gasteiger partial charge in [-0.2, -0.15) is 0 Å². The molecule has 0 radical (unpaired) electrons. The van der Waals surface area contributed by atoms with Crippen LogP contribution in [-0.2, 0) is 0 Å². The first-order valence-electron chi connectivity index (χ1n) is 8.53. The molecule has 118 valence electrons. The average molecular weight is 288 g/mol. The van der Waals surface area contributed by atoms with Gasteiger partial charge >= 0.3 is 0 Å². The second-order valence-electron chi connectivity index (χ2n) is 6.95. The van der Waals surface area contributed by atoms with Crippen LogP contribution in [0.25, 0.3) is 0 Å². The van der Waals surface area contributed by atoms with E-state index in [1.54, 1.807) is 0 Å². The van der Waals surface area contributed by atoms with Gasteiger partial charge in [0.1, 0.15) is 0 Å². The third-order valence-electron chi connectivity index (χ3n) is 4.76. The Kier molecular flexibility index (Phi) is 5.83. The van der Waals surface area contributed by atoms with Crippen LogP contribution in [0, 0.1) is 19.8 Å². The first kappa shape index (κ1) is 16.5. The number of hydrogen-bond acceptors (Lipinski definition) is 2. The molecule has 1 aliphatic rings. The maximum absolute atomic E-state index is 3.74. The highest BCUT2D eigenvalue weighted by molar-refractivity contribution is 5.31. The Morgan fingerprint density at radius 1 is 1.19 bits per heavy atom. The van der Waals surface area contributed by atoms with E-state index >= 15 is 0 Å². The van der Waals surface area contributed by atoms with E-state index in [0.29, 0.717) is 12.1 Å². The summed E-state index contributed by atoms with van der Waals surface area (Å²) in [6, 6.07) is 8.10. The maximum Gasteiger partial charge on any atom is 0.0449 e. The van der Waals surface area contributed by atoms with Gasteiger partial charge in [-0.25, -0.2) is 0 Å². The number of nitrogens with zero attached hydrogens (tertiary/aromatic N) is 1. The zero-order valence-corrected chi connectivity index (χ0v) is 14.4. The molecule has 2 heteroatoms. The summed E-state index contributed by atoms with van der Waals surface area (Å²) in [4.78, 5) is 2.54. The number of aryl methyl sites for hydroxylation is 2. The number of likely N-dealkylation sites (N-methyl/N-ethyl adjacent to an activating group) is 1. The van der Waals surface area contributed by atoms with Crippen LogP contribution >= 0.6 is 0 Å². The Morgan fingerprint density at radius 2 is 1.81 bits per heavy atom. The van der Waals surface area contributed by atoms with E-state index in [0.717, 1.165) is 19.0 Å². The molecular weight excluding hydrogens is 256 g/mol. The lowest BCUT2D eigenvalue weighted by Crippen LogP contribution is -2.39. The van der Waals surface area contributed by atoms with Crippen molar-refractivity contribution >= 4 is 0 Å². The molecule has 2 atom stereocenters. The Bertz CT molecular complexity index is 431. The highest BCUT2D eigenvalue weighted by Gasteiger charge is 2.31. The lowest BCUT2D eigenvalue weighted by atomic mass is 10.00. The largest absolute Gasteiger partial charge is 0.309 e. The molecular formula is C19H32N2. The molecule has 1 fully saturated rings. The second kappa shape index (κ2) is 7.42. The fourth-order valence-electron chi connectivity index (χ4n) is 3.21. The smallest absolute Gasteiger partial charge is 0.0449 e. The van der Waals surface area contributed by atoms with Crippen molar-refractivity contribution in [3.05, 3.63) is 34.9 Å². The summed E-state index contributed by atoms with van der Waals surface area (Å²) in [5.74, 6) is 0.932. The summed E-state index contributed by atoms with van der Waals surface area (Å²) >= 11 is 0. The van der Waals surface area contributed by atoms with Crippen LogP contribution in [0.5, 0.6) is 0 Å². The highest BCUT2D eigenvalue weighted by Crippen LogP contribution is 2.35. The van der Waals surface area contributed by atoms with Gasteiger partial charge in [0.05, 0.1) is 0 Å². The van der Waals surface area contributed by atoms with E-state index in [1.165, 1.54) is 36.0 Å². The number of hydrogen-bond donors (Lipinski definition) is 1. The molecule has 2 rings (SSSR count). The molecule has 21 heavy (non-hydrogen) atoms. The molecule has 1 aromatic rings. The van der Waals surface area contributed by atoms with Gasteiger partial charge in [-0.1, -0.05) is 36.2 Å². The third kappa shape index (κ3) is 4.82. The summed E-state index contributed by atoms with van der Waals surface area (Å²) in [6.45, 7) is 11.2. The zero-order valence-electron chi connectivity index (χ0n) is 14.4. The fourth-order valence-corrected chi connectivity index (χ4v) is 3.21. The van der Waals surface area contributed by atoms with Gasteiger partial charge in [0.2, 0.25) is 0 Å². The molecule has 0 saturated heterocycles. The van der Waals surface area contributed by atoms with E-state index in [9.17, 15) is 0 Å². The molecule has 1 aromatic carbocycles. The van der Waals surface area contributed by atoms with Crippen molar-refractivity contribution in [3.63, 3.8) is 0 Å². The Balaban J connectivity index is 2.08. The predicted octanol–water partition coefficient (Wildman–Crippen LogP) is 4.07. The van der Waals surface area contributed by atoms with Crippen LogP contribution in [0.1, 0.15) is 55.8 Å². The maximum atomic E-state index is 3.74. The Hall–Kier alpha value is -0.860. The SMILES string of the molecule is CCCNC(CN(C)C(C)C1CC1)c1cc(C)cc(C)c1. The number of benzene rings is 1. The zero-order chi connectivity index (χ0) is 15.4. The Morgan fingerprint density at radius 3 is 2.33 bits per heavy atom. The number of nitrogens with one attached hydrogen (secondary N) is 1. The monoisotopic (exact) mass is 288 g/mol. The molecule has 0 spiro atoms. The molecule has 0 bridgehead atoms. The fraction of sp³-hybridized carbons (Fsp3) is 0.684. The lowest BCUT2D eigenvalue weighted by Gasteiger charge is -2.30. The third-order valence-corrected chi connectivity index (χ3v) is 4.76. The average Bonchev–Trinajstić information content (AvgIpc) is 3.25. The predicted molar refractivity (Wildman–Crippen MR) is 91.8 cm³/mol. The minimum absolute atomic E-state index is 0.440. The quantitative estimate of drug-likeness (QED) is 0.775. The highest BCUT2D eigenvalue weighted by atomic mass is 15.2. The van der Waals surface area contributed by atoms with Gasteiger partial charge in [-0.15, -0.1) is 0 Å². The summed E-state index contributed by atoms with van der Waals surface area (Å²) in [5.41, 5.74) is 4.17. The number of rotatable bonds is 8. The van der Waals surface area contributed by atoms with Crippen LogP contribution < -0.4 is 5.32 Å².